The third-order valence-corrected chi connectivity index (χ3v) is 4.91. The Bertz CT molecular complexity index is 572. The van der Waals surface area contributed by atoms with E-state index in [9.17, 15) is 9.59 Å². The first-order chi connectivity index (χ1) is 11.5. The highest BCUT2D eigenvalue weighted by Gasteiger charge is 2.34. The number of carbonyl (C=O) groups excluding carboxylic acids is 2. The number of carbonyl (C=O) groups is 2. The molecule has 6 heteroatoms. The quantitative estimate of drug-likeness (QED) is 0.672. The van der Waals surface area contributed by atoms with Crippen molar-refractivity contribution in [2.75, 3.05) is 6.54 Å². The number of hydrogen-bond donors (Lipinski definition) is 3. The standard InChI is InChI=1S/C18H26ClN3O2/c1-3-11(2)16(18(24)21-15(10-20)12-4-5-12)22-17(23)13-6-8-14(19)9-7-13/h6-9,11-12,15-16H,3-5,10,20H2,1-2H3,(H,21,24)(H,22,23). The number of hydrogen-bond acceptors (Lipinski definition) is 3. The monoisotopic (exact) mass is 351 g/mol. The molecule has 0 spiro atoms. The molecule has 0 saturated heterocycles. The van der Waals surface area contributed by atoms with Crippen LogP contribution in [0.25, 0.3) is 0 Å². The second-order valence-corrected chi connectivity index (χ2v) is 6.97. The van der Waals surface area contributed by atoms with Crippen LogP contribution in [0.15, 0.2) is 24.3 Å². The lowest BCUT2D eigenvalue weighted by Crippen LogP contribution is -2.54. The second-order valence-electron chi connectivity index (χ2n) is 6.53. The molecule has 0 aromatic heterocycles. The van der Waals surface area contributed by atoms with E-state index in [0.717, 1.165) is 19.3 Å². The highest BCUT2D eigenvalue weighted by atomic mass is 35.5. The molecule has 3 unspecified atom stereocenters. The number of nitrogens with two attached hydrogens (primary N) is 1. The maximum atomic E-state index is 12.7. The first-order valence-corrected chi connectivity index (χ1v) is 8.90. The SMILES string of the molecule is CCC(C)C(NC(=O)c1ccc(Cl)cc1)C(=O)NC(CN)C1CC1. The third-order valence-electron chi connectivity index (χ3n) is 4.66. The summed E-state index contributed by atoms with van der Waals surface area (Å²) in [4.78, 5) is 25.1. The minimum absolute atomic E-state index is 0.00325. The Morgan fingerprint density at radius 2 is 1.88 bits per heavy atom. The van der Waals surface area contributed by atoms with Crippen molar-refractivity contribution in [2.24, 2.45) is 17.6 Å². The zero-order valence-corrected chi connectivity index (χ0v) is 15.0. The molecule has 2 rings (SSSR count). The lowest BCUT2D eigenvalue weighted by atomic mass is 9.97. The Kier molecular flexibility index (Phi) is 6.63. The van der Waals surface area contributed by atoms with Gasteiger partial charge in [0.15, 0.2) is 0 Å². The highest BCUT2D eigenvalue weighted by Crippen LogP contribution is 2.32. The van der Waals surface area contributed by atoms with Crippen molar-refractivity contribution >= 4 is 23.4 Å². The molecule has 0 heterocycles. The van der Waals surface area contributed by atoms with Crippen LogP contribution >= 0.6 is 11.6 Å². The predicted octanol–water partition coefficient (Wildman–Crippen LogP) is 2.34. The number of benzene rings is 1. The first-order valence-electron chi connectivity index (χ1n) is 8.53. The van der Waals surface area contributed by atoms with E-state index in [1.165, 1.54) is 0 Å². The van der Waals surface area contributed by atoms with Crippen molar-refractivity contribution in [1.29, 1.82) is 0 Å². The molecular weight excluding hydrogens is 326 g/mol. The molecule has 1 aliphatic rings. The van der Waals surface area contributed by atoms with Crippen LogP contribution in [-0.4, -0.2) is 30.4 Å². The van der Waals surface area contributed by atoms with Crippen molar-refractivity contribution in [3.63, 3.8) is 0 Å². The molecule has 24 heavy (non-hydrogen) atoms. The fourth-order valence-electron chi connectivity index (χ4n) is 2.67. The zero-order valence-electron chi connectivity index (χ0n) is 14.2. The molecule has 0 bridgehead atoms. The zero-order chi connectivity index (χ0) is 17.7. The van der Waals surface area contributed by atoms with Gasteiger partial charge in [-0.05, 0) is 48.9 Å². The van der Waals surface area contributed by atoms with Gasteiger partial charge in [-0.3, -0.25) is 9.59 Å². The van der Waals surface area contributed by atoms with E-state index in [4.69, 9.17) is 17.3 Å². The van der Waals surface area contributed by atoms with Crippen molar-refractivity contribution in [3.8, 4) is 0 Å². The van der Waals surface area contributed by atoms with Crippen LogP contribution in [-0.2, 0) is 4.79 Å². The highest BCUT2D eigenvalue weighted by molar-refractivity contribution is 6.30. The van der Waals surface area contributed by atoms with Crippen molar-refractivity contribution in [1.82, 2.24) is 10.6 Å². The predicted molar refractivity (Wildman–Crippen MR) is 95.9 cm³/mol. The first kappa shape index (κ1) is 18.7. The van der Waals surface area contributed by atoms with Gasteiger partial charge in [-0.25, -0.2) is 0 Å². The van der Waals surface area contributed by atoms with E-state index in [1.807, 2.05) is 13.8 Å². The van der Waals surface area contributed by atoms with Crippen LogP contribution in [0.3, 0.4) is 0 Å². The summed E-state index contributed by atoms with van der Waals surface area (Å²) in [6.45, 7) is 4.39. The van der Waals surface area contributed by atoms with Crippen LogP contribution < -0.4 is 16.4 Å². The molecule has 0 aliphatic heterocycles. The summed E-state index contributed by atoms with van der Waals surface area (Å²) < 4.78 is 0. The molecular formula is C18H26ClN3O2. The molecule has 4 N–H and O–H groups in total. The summed E-state index contributed by atoms with van der Waals surface area (Å²) in [7, 11) is 0. The average molecular weight is 352 g/mol. The molecule has 1 fully saturated rings. The maximum Gasteiger partial charge on any atom is 0.251 e. The summed E-state index contributed by atoms with van der Waals surface area (Å²) >= 11 is 5.85. The summed E-state index contributed by atoms with van der Waals surface area (Å²) in [5.74, 6) is 0.0687. The van der Waals surface area contributed by atoms with Gasteiger partial charge in [0.25, 0.3) is 5.91 Å². The summed E-state index contributed by atoms with van der Waals surface area (Å²) in [5.41, 5.74) is 6.25. The van der Waals surface area contributed by atoms with Gasteiger partial charge in [0, 0.05) is 23.2 Å². The smallest absolute Gasteiger partial charge is 0.251 e. The Balaban J connectivity index is 2.05. The Morgan fingerprint density at radius 1 is 1.25 bits per heavy atom. The van der Waals surface area contributed by atoms with Gasteiger partial charge in [0.1, 0.15) is 6.04 Å². The number of rotatable bonds is 8. The molecule has 1 aromatic rings. The largest absolute Gasteiger partial charge is 0.350 e. The van der Waals surface area contributed by atoms with Gasteiger partial charge in [-0.2, -0.15) is 0 Å². The Labute approximate surface area is 148 Å². The Morgan fingerprint density at radius 3 is 2.38 bits per heavy atom. The summed E-state index contributed by atoms with van der Waals surface area (Å²) in [6.07, 6.45) is 3.00. The lowest BCUT2D eigenvalue weighted by Gasteiger charge is -2.26. The molecule has 132 valence electrons. The fourth-order valence-corrected chi connectivity index (χ4v) is 2.79. The molecule has 1 saturated carbocycles. The van der Waals surface area contributed by atoms with Crippen LogP contribution in [0.2, 0.25) is 5.02 Å². The van der Waals surface area contributed by atoms with E-state index in [-0.39, 0.29) is 23.8 Å². The fraction of sp³-hybridized carbons (Fsp3) is 0.556. The van der Waals surface area contributed by atoms with Gasteiger partial charge >= 0.3 is 0 Å². The van der Waals surface area contributed by atoms with E-state index < -0.39 is 6.04 Å². The van der Waals surface area contributed by atoms with Gasteiger partial charge in [-0.15, -0.1) is 0 Å². The van der Waals surface area contributed by atoms with Gasteiger partial charge in [0.2, 0.25) is 5.91 Å². The third kappa shape index (κ3) is 4.95. The van der Waals surface area contributed by atoms with E-state index in [1.54, 1.807) is 24.3 Å². The van der Waals surface area contributed by atoms with Gasteiger partial charge < -0.3 is 16.4 Å². The normalized spacial score (nSPS) is 17.7. The molecule has 1 aliphatic carbocycles. The number of halogens is 1. The van der Waals surface area contributed by atoms with Crippen LogP contribution in [0, 0.1) is 11.8 Å². The number of nitrogens with one attached hydrogen (secondary N) is 2. The average Bonchev–Trinajstić information content (AvgIpc) is 3.42. The van der Waals surface area contributed by atoms with Crippen LogP contribution in [0.4, 0.5) is 0 Å². The minimum atomic E-state index is -0.578. The molecule has 1 aromatic carbocycles. The Hall–Kier alpha value is -1.59. The summed E-state index contributed by atoms with van der Waals surface area (Å²) in [6, 6.07) is 6.03. The second kappa shape index (κ2) is 8.49. The van der Waals surface area contributed by atoms with Crippen LogP contribution in [0.1, 0.15) is 43.5 Å². The minimum Gasteiger partial charge on any atom is -0.350 e. The molecule has 2 amide bonds. The number of amides is 2. The van der Waals surface area contributed by atoms with Crippen molar-refractivity contribution in [2.45, 2.75) is 45.2 Å². The van der Waals surface area contributed by atoms with Crippen molar-refractivity contribution < 1.29 is 9.59 Å². The molecule has 0 radical (unpaired) electrons. The van der Waals surface area contributed by atoms with E-state index in [0.29, 0.717) is 23.0 Å². The molecule has 5 nitrogen and oxygen atoms in total. The van der Waals surface area contributed by atoms with E-state index >= 15 is 0 Å². The summed E-state index contributed by atoms with van der Waals surface area (Å²) in [5, 5.41) is 6.43. The van der Waals surface area contributed by atoms with E-state index in [2.05, 4.69) is 10.6 Å². The lowest BCUT2D eigenvalue weighted by molar-refractivity contribution is -0.125. The van der Waals surface area contributed by atoms with Crippen LogP contribution in [0.5, 0.6) is 0 Å². The van der Waals surface area contributed by atoms with Gasteiger partial charge in [0.05, 0.1) is 0 Å². The maximum absolute atomic E-state index is 12.7. The van der Waals surface area contributed by atoms with Gasteiger partial charge in [-0.1, -0.05) is 31.9 Å². The molecule has 3 atom stereocenters. The van der Waals surface area contributed by atoms with Crippen molar-refractivity contribution in [3.05, 3.63) is 34.9 Å². The topological polar surface area (TPSA) is 84.2 Å².